The third kappa shape index (κ3) is 2.50. The van der Waals surface area contributed by atoms with Crippen molar-refractivity contribution in [3.63, 3.8) is 0 Å². The van der Waals surface area contributed by atoms with Crippen molar-refractivity contribution in [3.05, 3.63) is 69.5 Å². The van der Waals surface area contributed by atoms with Gasteiger partial charge in [0.2, 0.25) is 5.78 Å². The van der Waals surface area contributed by atoms with Gasteiger partial charge in [-0.15, -0.1) is 0 Å². The minimum atomic E-state index is -3.31. The van der Waals surface area contributed by atoms with Crippen LogP contribution in [0.25, 0.3) is 11.0 Å². The normalized spacial score (nSPS) is 20.8. The number of carbonyl (C=O) groups is 2. The lowest BCUT2D eigenvalue weighted by molar-refractivity contribution is -0.386. The molecule has 1 aliphatic rings. The molecule has 148 valence electrons. The number of aryl methyl sites for hydroxylation is 1. The Hall–Kier alpha value is -3.75. The summed E-state index contributed by atoms with van der Waals surface area (Å²) in [4.78, 5) is 36.2. The van der Waals surface area contributed by atoms with Crippen LogP contribution in [-0.4, -0.2) is 29.5 Å². The number of hydrogen-bond donors (Lipinski definition) is 0. The zero-order valence-corrected chi connectivity index (χ0v) is 15.3. The molecular weight excluding hydrogens is 385 g/mol. The summed E-state index contributed by atoms with van der Waals surface area (Å²) in [6.45, 7) is 1.71. The Morgan fingerprint density at radius 2 is 2.00 bits per heavy atom. The van der Waals surface area contributed by atoms with Crippen LogP contribution < -0.4 is 4.74 Å². The second-order valence-electron chi connectivity index (χ2n) is 6.58. The third-order valence-electron chi connectivity index (χ3n) is 4.95. The molecule has 8 nitrogen and oxygen atoms in total. The maximum absolute atomic E-state index is 16.1. The summed E-state index contributed by atoms with van der Waals surface area (Å²) in [5.74, 6) is -2.70. The zero-order valence-electron chi connectivity index (χ0n) is 15.3. The van der Waals surface area contributed by atoms with Crippen LogP contribution in [0.1, 0.15) is 27.6 Å². The monoisotopic (exact) mass is 399 g/mol. The number of alkyl halides is 1. The summed E-state index contributed by atoms with van der Waals surface area (Å²) in [7, 11) is 0.923. The van der Waals surface area contributed by atoms with E-state index < -0.39 is 34.1 Å². The standard InChI is InChI=1S/C20H14FNO7/c1-10-9-28-14-8-7-12-16(15(10)14)29-18(20(21,17(12)23)19(24)27-2)11-5-3-4-6-13(11)22(25)26/h3-9,18H,1-2H3. The first-order chi connectivity index (χ1) is 13.8. The van der Waals surface area contributed by atoms with Crippen molar-refractivity contribution in [2.45, 2.75) is 18.7 Å². The number of ketones is 1. The van der Waals surface area contributed by atoms with Crippen molar-refractivity contribution in [3.8, 4) is 5.75 Å². The summed E-state index contributed by atoms with van der Waals surface area (Å²) in [6, 6.07) is 7.94. The molecule has 0 spiro atoms. The molecule has 0 saturated carbocycles. The number of benzene rings is 2. The van der Waals surface area contributed by atoms with Gasteiger partial charge in [0, 0.05) is 6.07 Å². The molecule has 1 aliphatic heterocycles. The minimum absolute atomic E-state index is 0.000853. The number of Topliss-reactive ketones (excluding diaryl/α,β-unsaturated/α-hetero) is 1. The van der Waals surface area contributed by atoms with Gasteiger partial charge in [0.1, 0.15) is 11.3 Å². The first kappa shape index (κ1) is 18.6. The summed E-state index contributed by atoms with van der Waals surface area (Å²) < 4.78 is 31.8. The number of nitro benzene ring substituents is 1. The second kappa shape index (κ2) is 6.40. The third-order valence-corrected chi connectivity index (χ3v) is 4.95. The predicted octanol–water partition coefficient (Wildman–Crippen LogP) is 3.85. The molecule has 29 heavy (non-hydrogen) atoms. The molecule has 0 radical (unpaired) electrons. The second-order valence-corrected chi connectivity index (χ2v) is 6.58. The van der Waals surface area contributed by atoms with Crippen molar-refractivity contribution < 1.29 is 32.8 Å². The summed E-state index contributed by atoms with van der Waals surface area (Å²) in [6.07, 6.45) is -0.479. The van der Waals surface area contributed by atoms with E-state index >= 15 is 4.39 Å². The Morgan fingerprint density at radius 1 is 1.28 bits per heavy atom. The molecule has 0 fully saturated rings. The fourth-order valence-electron chi connectivity index (χ4n) is 3.56. The molecule has 0 N–H and O–H groups in total. The van der Waals surface area contributed by atoms with Crippen molar-refractivity contribution in [1.29, 1.82) is 0 Å². The Labute approximate surface area is 163 Å². The number of nitro groups is 1. The maximum atomic E-state index is 16.1. The molecule has 0 amide bonds. The van der Waals surface area contributed by atoms with Gasteiger partial charge in [-0.05, 0) is 30.7 Å². The topological polar surface area (TPSA) is 109 Å². The number of nitrogens with zero attached hydrogens (tertiary/aromatic N) is 1. The summed E-state index contributed by atoms with van der Waals surface area (Å²) >= 11 is 0. The van der Waals surface area contributed by atoms with Crippen LogP contribution in [0.15, 0.2) is 47.1 Å². The molecule has 2 heterocycles. The number of methoxy groups -OCH3 is 1. The van der Waals surface area contributed by atoms with E-state index in [0.29, 0.717) is 16.5 Å². The highest BCUT2D eigenvalue weighted by Crippen LogP contribution is 2.49. The number of fused-ring (bicyclic) bond motifs is 3. The number of halogens is 1. The summed E-state index contributed by atoms with van der Waals surface area (Å²) in [5.41, 5.74) is -3.22. The van der Waals surface area contributed by atoms with Crippen molar-refractivity contribution in [1.82, 2.24) is 0 Å². The molecule has 2 unspecified atom stereocenters. The quantitative estimate of drug-likeness (QED) is 0.285. The molecule has 9 heteroatoms. The van der Waals surface area contributed by atoms with Crippen molar-refractivity contribution >= 4 is 28.4 Å². The Kier molecular flexibility index (Phi) is 4.11. The molecule has 0 saturated heterocycles. The van der Waals surface area contributed by atoms with E-state index in [1.807, 2.05) is 0 Å². The largest absolute Gasteiger partial charge is 0.479 e. The van der Waals surface area contributed by atoms with Crippen LogP contribution in [0, 0.1) is 17.0 Å². The highest BCUT2D eigenvalue weighted by Gasteiger charge is 2.61. The zero-order chi connectivity index (χ0) is 20.9. The van der Waals surface area contributed by atoms with E-state index in [1.54, 1.807) is 6.92 Å². The van der Waals surface area contributed by atoms with Gasteiger partial charge in [0.05, 0.1) is 34.8 Å². The van der Waals surface area contributed by atoms with Crippen molar-refractivity contribution in [2.75, 3.05) is 7.11 Å². The number of rotatable bonds is 3. The Morgan fingerprint density at radius 3 is 2.69 bits per heavy atom. The van der Waals surface area contributed by atoms with Crippen LogP contribution in [0.3, 0.4) is 0 Å². The number of ether oxygens (including phenoxy) is 2. The van der Waals surface area contributed by atoms with E-state index in [0.717, 1.165) is 13.2 Å². The van der Waals surface area contributed by atoms with Crippen LogP contribution in [0.2, 0.25) is 0 Å². The number of para-hydroxylation sites is 1. The van der Waals surface area contributed by atoms with Crippen molar-refractivity contribution in [2.24, 2.45) is 0 Å². The number of hydrogen-bond acceptors (Lipinski definition) is 7. The first-order valence-electron chi connectivity index (χ1n) is 8.53. The lowest BCUT2D eigenvalue weighted by Crippen LogP contribution is -2.53. The number of furan rings is 1. The lowest BCUT2D eigenvalue weighted by atomic mass is 9.81. The van der Waals surface area contributed by atoms with Gasteiger partial charge >= 0.3 is 11.6 Å². The maximum Gasteiger partial charge on any atom is 0.356 e. The fraction of sp³-hybridized carbons (Fsp3) is 0.200. The van der Waals surface area contributed by atoms with Gasteiger partial charge in [0.25, 0.3) is 5.69 Å². The van der Waals surface area contributed by atoms with E-state index in [-0.39, 0.29) is 16.9 Å². The van der Waals surface area contributed by atoms with Gasteiger partial charge in [0.15, 0.2) is 6.10 Å². The summed E-state index contributed by atoms with van der Waals surface area (Å²) in [5, 5.41) is 11.9. The first-order valence-corrected chi connectivity index (χ1v) is 8.53. The average Bonchev–Trinajstić information content (AvgIpc) is 3.11. The molecule has 2 aromatic carbocycles. The molecule has 1 aromatic heterocycles. The molecule has 0 aliphatic carbocycles. The van der Waals surface area contributed by atoms with Gasteiger partial charge in [-0.3, -0.25) is 14.9 Å². The highest BCUT2D eigenvalue weighted by molar-refractivity contribution is 6.20. The fourth-order valence-corrected chi connectivity index (χ4v) is 3.56. The molecule has 2 atom stereocenters. The molecular formula is C20H14FNO7. The van der Waals surface area contributed by atoms with Gasteiger partial charge in [-0.25, -0.2) is 9.18 Å². The van der Waals surface area contributed by atoms with E-state index in [2.05, 4.69) is 4.74 Å². The van der Waals surface area contributed by atoms with E-state index in [1.165, 1.54) is 36.6 Å². The minimum Gasteiger partial charge on any atom is -0.479 e. The average molecular weight is 399 g/mol. The molecule has 3 aromatic rings. The van der Waals surface area contributed by atoms with Crippen LogP contribution in [0.5, 0.6) is 5.75 Å². The van der Waals surface area contributed by atoms with Crippen LogP contribution >= 0.6 is 0 Å². The number of carbonyl (C=O) groups excluding carboxylic acids is 2. The Balaban J connectivity index is 2.03. The predicted molar refractivity (Wildman–Crippen MR) is 97.6 cm³/mol. The molecule has 4 rings (SSSR count). The molecule has 0 bridgehead atoms. The lowest BCUT2D eigenvalue weighted by Gasteiger charge is -2.35. The van der Waals surface area contributed by atoms with Crippen LogP contribution in [0.4, 0.5) is 10.1 Å². The van der Waals surface area contributed by atoms with Gasteiger partial charge in [-0.1, -0.05) is 12.1 Å². The Bertz CT molecular complexity index is 1180. The van der Waals surface area contributed by atoms with Crippen LogP contribution in [-0.2, 0) is 9.53 Å². The highest BCUT2D eigenvalue weighted by atomic mass is 19.1. The van der Waals surface area contributed by atoms with E-state index in [9.17, 15) is 19.7 Å². The number of esters is 1. The van der Waals surface area contributed by atoms with E-state index in [4.69, 9.17) is 9.15 Å². The van der Waals surface area contributed by atoms with Gasteiger partial charge in [-0.2, -0.15) is 0 Å². The van der Waals surface area contributed by atoms with Gasteiger partial charge < -0.3 is 13.9 Å². The SMILES string of the molecule is COC(=O)C1(F)C(=O)c2ccc3occ(C)c3c2OC1c1ccccc1[N+](=O)[O-]. The smallest absolute Gasteiger partial charge is 0.356 e.